The van der Waals surface area contributed by atoms with Gasteiger partial charge >= 0.3 is 0 Å². The Morgan fingerprint density at radius 3 is 2.15 bits per heavy atom. The van der Waals surface area contributed by atoms with Gasteiger partial charge in [0, 0.05) is 11.8 Å². The number of nitrogen functional groups attached to an aromatic ring is 1. The minimum absolute atomic E-state index is 0. The van der Waals surface area contributed by atoms with Crippen molar-refractivity contribution in [3.8, 4) is 5.75 Å². The van der Waals surface area contributed by atoms with Gasteiger partial charge in [-0.1, -0.05) is 27.3 Å². The normalized spacial score (nSPS) is 7.69. The van der Waals surface area contributed by atoms with Crippen molar-refractivity contribution in [2.45, 2.75) is 28.2 Å². The smallest absolute Gasteiger partial charge is 0.123 e. The molecule has 0 spiro atoms. The van der Waals surface area contributed by atoms with Crippen LogP contribution >= 0.6 is 0 Å². The highest BCUT2D eigenvalue weighted by Gasteiger charge is 1.95. The highest BCUT2D eigenvalue weighted by molar-refractivity contribution is 5.47. The molecule has 0 unspecified atom stereocenters. The molecule has 1 aromatic carbocycles. The molecule has 0 aliphatic rings. The van der Waals surface area contributed by atoms with Gasteiger partial charge in [-0.3, -0.25) is 0 Å². The molecule has 0 aliphatic carbocycles. The molecular formula is C11H21NO. The maximum atomic E-state index is 5.52. The lowest BCUT2D eigenvalue weighted by Gasteiger charge is -2.03. The molecule has 0 radical (unpaired) electrons. The molecule has 0 saturated carbocycles. The van der Waals surface area contributed by atoms with Gasteiger partial charge in [0.15, 0.2) is 0 Å². The van der Waals surface area contributed by atoms with Crippen LogP contribution < -0.4 is 10.5 Å². The summed E-state index contributed by atoms with van der Waals surface area (Å²) in [5.74, 6) is 0.847. The molecule has 0 fully saturated rings. The van der Waals surface area contributed by atoms with E-state index in [1.54, 1.807) is 7.11 Å². The Morgan fingerprint density at radius 2 is 1.77 bits per heavy atom. The zero-order chi connectivity index (χ0) is 9.56. The van der Waals surface area contributed by atoms with Gasteiger partial charge in [0.25, 0.3) is 0 Å². The van der Waals surface area contributed by atoms with E-state index in [0.717, 1.165) is 17.0 Å². The Bertz CT molecular complexity index is 234. The van der Waals surface area contributed by atoms with Crippen LogP contribution in [0.15, 0.2) is 18.2 Å². The van der Waals surface area contributed by atoms with Crippen LogP contribution in [0.5, 0.6) is 5.75 Å². The molecule has 0 heterocycles. The van der Waals surface area contributed by atoms with Crippen molar-refractivity contribution in [1.29, 1.82) is 0 Å². The lowest BCUT2D eigenvalue weighted by Crippen LogP contribution is -1.89. The summed E-state index contributed by atoms with van der Waals surface area (Å²) >= 11 is 0. The predicted octanol–water partition coefficient (Wildman–Crippen LogP) is 3.25. The van der Waals surface area contributed by atoms with Crippen molar-refractivity contribution >= 4 is 5.69 Å². The summed E-state index contributed by atoms with van der Waals surface area (Å²) in [7, 11) is 1.64. The molecule has 0 aromatic heterocycles. The molecule has 13 heavy (non-hydrogen) atoms. The highest BCUT2D eigenvalue weighted by Crippen LogP contribution is 2.19. The van der Waals surface area contributed by atoms with E-state index in [-0.39, 0.29) is 7.43 Å². The van der Waals surface area contributed by atoms with Gasteiger partial charge < -0.3 is 10.5 Å². The number of hydrogen-bond donors (Lipinski definition) is 1. The number of rotatable bonds is 1. The van der Waals surface area contributed by atoms with Crippen molar-refractivity contribution in [3.05, 3.63) is 23.8 Å². The van der Waals surface area contributed by atoms with E-state index in [9.17, 15) is 0 Å². The molecular weight excluding hydrogens is 162 g/mol. The van der Waals surface area contributed by atoms with Crippen LogP contribution in [-0.2, 0) is 0 Å². The van der Waals surface area contributed by atoms with E-state index in [2.05, 4.69) is 0 Å². The summed E-state index contributed by atoms with van der Waals surface area (Å²) in [5, 5.41) is 0. The average molecular weight is 183 g/mol. The van der Waals surface area contributed by atoms with Crippen molar-refractivity contribution in [2.24, 2.45) is 0 Å². The second-order valence-electron chi connectivity index (χ2n) is 2.23. The number of anilines is 1. The number of aryl methyl sites for hydroxylation is 1. The third-order valence-corrected chi connectivity index (χ3v) is 1.43. The summed E-state index contributed by atoms with van der Waals surface area (Å²) in [6.45, 7) is 5.98. The molecule has 2 heteroatoms. The third-order valence-electron chi connectivity index (χ3n) is 1.43. The van der Waals surface area contributed by atoms with Gasteiger partial charge in [0.2, 0.25) is 0 Å². The van der Waals surface area contributed by atoms with Gasteiger partial charge in [0.1, 0.15) is 5.75 Å². The monoisotopic (exact) mass is 183 g/mol. The summed E-state index contributed by atoms with van der Waals surface area (Å²) in [6, 6.07) is 5.61. The first kappa shape index (κ1) is 14.3. The minimum Gasteiger partial charge on any atom is -0.496 e. The van der Waals surface area contributed by atoms with E-state index in [4.69, 9.17) is 10.5 Å². The molecule has 1 rings (SSSR count). The van der Waals surface area contributed by atoms with Crippen LogP contribution in [0.1, 0.15) is 26.8 Å². The lowest BCUT2D eigenvalue weighted by atomic mass is 10.2. The van der Waals surface area contributed by atoms with Gasteiger partial charge in [0.05, 0.1) is 7.11 Å². The molecule has 0 aliphatic heterocycles. The number of nitrogens with two attached hydrogens (primary N) is 1. The number of hydrogen-bond acceptors (Lipinski definition) is 2. The minimum atomic E-state index is 0. The Labute approximate surface area is 81.7 Å². The third kappa shape index (κ3) is 4.41. The van der Waals surface area contributed by atoms with Crippen LogP contribution in [0, 0.1) is 6.92 Å². The van der Waals surface area contributed by atoms with Crippen LogP contribution in [-0.4, -0.2) is 7.11 Å². The van der Waals surface area contributed by atoms with Gasteiger partial charge in [-0.2, -0.15) is 0 Å². The second-order valence-corrected chi connectivity index (χ2v) is 2.23. The van der Waals surface area contributed by atoms with E-state index < -0.39 is 0 Å². The maximum absolute atomic E-state index is 5.52. The Hall–Kier alpha value is -1.18. The van der Waals surface area contributed by atoms with Crippen molar-refractivity contribution in [3.63, 3.8) is 0 Å². The van der Waals surface area contributed by atoms with Crippen LogP contribution in [0.2, 0.25) is 0 Å². The fraction of sp³-hybridized carbons (Fsp3) is 0.455. The SMILES string of the molecule is C.CC.COc1cc(N)ccc1C. The summed E-state index contributed by atoms with van der Waals surface area (Å²) < 4.78 is 5.05. The predicted molar refractivity (Wildman–Crippen MR) is 60.2 cm³/mol. The van der Waals surface area contributed by atoms with Crippen molar-refractivity contribution in [1.82, 2.24) is 0 Å². The molecule has 0 bridgehead atoms. The average Bonchev–Trinajstić information content (AvgIpc) is 2.13. The van der Waals surface area contributed by atoms with E-state index in [0.29, 0.717) is 0 Å². The number of methoxy groups -OCH3 is 1. The molecule has 0 amide bonds. The van der Waals surface area contributed by atoms with Crippen molar-refractivity contribution in [2.75, 3.05) is 12.8 Å². The van der Waals surface area contributed by atoms with Crippen molar-refractivity contribution < 1.29 is 4.74 Å². The molecule has 0 atom stereocenters. The standard InChI is InChI=1S/C8H11NO.C2H6.CH4/c1-6-3-4-7(9)5-8(6)10-2;1-2;/h3-5H,9H2,1-2H3;1-2H3;1H4. The Morgan fingerprint density at radius 1 is 1.23 bits per heavy atom. The van der Waals surface area contributed by atoms with E-state index in [1.807, 2.05) is 39.0 Å². The number of ether oxygens (including phenoxy) is 1. The first-order valence-corrected chi connectivity index (χ1v) is 4.14. The molecule has 2 N–H and O–H groups in total. The van der Waals surface area contributed by atoms with Crippen LogP contribution in [0.4, 0.5) is 5.69 Å². The summed E-state index contributed by atoms with van der Waals surface area (Å²) in [6.07, 6.45) is 0. The molecule has 1 aromatic rings. The lowest BCUT2D eigenvalue weighted by molar-refractivity contribution is 0.412. The maximum Gasteiger partial charge on any atom is 0.123 e. The topological polar surface area (TPSA) is 35.2 Å². The molecule has 76 valence electrons. The zero-order valence-electron chi connectivity index (χ0n) is 8.22. The summed E-state index contributed by atoms with van der Waals surface area (Å²) in [4.78, 5) is 0. The van der Waals surface area contributed by atoms with E-state index in [1.165, 1.54) is 0 Å². The largest absolute Gasteiger partial charge is 0.496 e. The highest BCUT2D eigenvalue weighted by atomic mass is 16.5. The number of benzene rings is 1. The molecule has 2 nitrogen and oxygen atoms in total. The first-order valence-electron chi connectivity index (χ1n) is 4.14. The van der Waals surface area contributed by atoms with Gasteiger partial charge in [-0.25, -0.2) is 0 Å². The van der Waals surface area contributed by atoms with Gasteiger partial charge in [-0.15, -0.1) is 0 Å². The fourth-order valence-corrected chi connectivity index (χ4v) is 0.837. The molecule has 0 saturated heterocycles. The summed E-state index contributed by atoms with van der Waals surface area (Å²) in [5.41, 5.74) is 7.37. The fourth-order valence-electron chi connectivity index (χ4n) is 0.837. The zero-order valence-corrected chi connectivity index (χ0v) is 8.22. The second kappa shape index (κ2) is 7.47. The Kier molecular flexibility index (Phi) is 8.24. The quantitative estimate of drug-likeness (QED) is 0.678. The van der Waals surface area contributed by atoms with Crippen LogP contribution in [0.3, 0.4) is 0 Å². The van der Waals surface area contributed by atoms with Crippen LogP contribution in [0.25, 0.3) is 0 Å². The van der Waals surface area contributed by atoms with Gasteiger partial charge in [-0.05, 0) is 18.6 Å². The van der Waals surface area contributed by atoms with E-state index >= 15 is 0 Å². The first-order chi connectivity index (χ1) is 5.74. The Balaban J connectivity index is 0.